The molecular formula is C15H24BrNS. The van der Waals surface area contributed by atoms with Crippen molar-refractivity contribution in [3.05, 3.63) is 28.7 Å². The Hall–Kier alpha value is 0.01000. The predicted molar refractivity (Wildman–Crippen MR) is 86.4 cm³/mol. The monoisotopic (exact) mass is 329 g/mol. The molecule has 1 aromatic carbocycles. The Labute approximate surface area is 124 Å². The number of hydrogen-bond donors (Lipinski definition) is 1. The maximum Gasteiger partial charge on any atom is 0.0311 e. The summed E-state index contributed by atoms with van der Waals surface area (Å²) in [5.74, 6) is 1.12. The first-order valence-corrected chi connectivity index (χ1v) is 8.25. The molecule has 0 radical (unpaired) electrons. The van der Waals surface area contributed by atoms with Crippen LogP contribution in [-0.2, 0) is 0 Å². The molecule has 0 aliphatic rings. The van der Waals surface area contributed by atoms with Gasteiger partial charge in [-0.2, -0.15) is 0 Å². The lowest BCUT2D eigenvalue weighted by Gasteiger charge is -2.22. The minimum atomic E-state index is 0.424. The van der Waals surface area contributed by atoms with Crippen LogP contribution in [0.5, 0.6) is 0 Å². The average molecular weight is 330 g/mol. The molecule has 1 unspecified atom stereocenters. The number of thioether (sulfide) groups is 1. The van der Waals surface area contributed by atoms with Gasteiger partial charge in [-0.3, -0.25) is 0 Å². The second-order valence-electron chi connectivity index (χ2n) is 5.83. The Morgan fingerprint density at radius 2 is 1.94 bits per heavy atom. The van der Waals surface area contributed by atoms with Gasteiger partial charge in [0, 0.05) is 21.2 Å². The first kappa shape index (κ1) is 16.1. The maximum absolute atomic E-state index is 3.60. The fourth-order valence-corrected chi connectivity index (χ4v) is 3.39. The van der Waals surface area contributed by atoms with Gasteiger partial charge in [0.15, 0.2) is 0 Å². The summed E-state index contributed by atoms with van der Waals surface area (Å²) in [6.45, 7) is 6.92. The summed E-state index contributed by atoms with van der Waals surface area (Å²) < 4.78 is 1.20. The molecule has 1 atom stereocenters. The third-order valence-corrected chi connectivity index (χ3v) is 5.12. The third kappa shape index (κ3) is 6.26. The van der Waals surface area contributed by atoms with Crippen molar-refractivity contribution in [3.8, 4) is 0 Å². The minimum absolute atomic E-state index is 0.424. The average Bonchev–Trinajstić information content (AvgIpc) is 2.30. The maximum atomic E-state index is 3.60. The van der Waals surface area contributed by atoms with Gasteiger partial charge < -0.3 is 5.32 Å². The van der Waals surface area contributed by atoms with Gasteiger partial charge in [0.25, 0.3) is 0 Å². The van der Waals surface area contributed by atoms with E-state index in [2.05, 4.69) is 73.3 Å². The van der Waals surface area contributed by atoms with Crippen LogP contribution in [0.1, 0.15) is 33.6 Å². The highest BCUT2D eigenvalue weighted by atomic mass is 79.9. The van der Waals surface area contributed by atoms with E-state index in [1.54, 1.807) is 0 Å². The molecule has 1 aromatic rings. The van der Waals surface area contributed by atoms with E-state index in [1.165, 1.54) is 22.2 Å². The number of rotatable bonds is 6. The van der Waals surface area contributed by atoms with Crippen LogP contribution in [0.4, 0.5) is 0 Å². The van der Waals surface area contributed by atoms with E-state index in [0.717, 1.165) is 5.75 Å². The highest BCUT2D eigenvalue weighted by molar-refractivity contribution is 9.10. The van der Waals surface area contributed by atoms with Crippen LogP contribution in [-0.4, -0.2) is 18.8 Å². The zero-order valence-electron chi connectivity index (χ0n) is 11.8. The fraction of sp³-hybridized carbons (Fsp3) is 0.600. The van der Waals surface area contributed by atoms with Gasteiger partial charge in [0.05, 0.1) is 0 Å². The molecular weight excluding hydrogens is 306 g/mol. The van der Waals surface area contributed by atoms with E-state index < -0.39 is 0 Å². The molecule has 1 nitrogen and oxygen atoms in total. The highest BCUT2D eigenvalue weighted by Crippen LogP contribution is 2.29. The van der Waals surface area contributed by atoms with Crippen LogP contribution in [0.2, 0.25) is 0 Å². The Kier molecular flexibility index (Phi) is 6.75. The van der Waals surface area contributed by atoms with Crippen molar-refractivity contribution < 1.29 is 0 Å². The van der Waals surface area contributed by atoms with Crippen LogP contribution in [0, 0.1) is 5.41 Å². The standard InChI is InChI=1S/C15H24BrNS/c1-15(2,3)10-9-12(17-4)11-18-14-8-6-5-7-13(14)16/h5-8,12,17H,9-11H2,1-4H3. The summed E-state index contributed by atoms with van der Waals surface area (Å²) in [7, 11) is 2.06. The summed E-state index contributed by atoms with van der Waals surface area (Å²) in [6, 6.07) is 9.01. The Morgan fingerprint density at radius 1 is 1.28 bits per heavy atom. The van der Waals surface area contributed by atoms with Crippen molar-refractivity contribution in [2.24, 2.45) is 5.41 Å². The van der Waals surface area contributed by atoms with Crippen LogP contribution < -0.4 is 5.32 Å². The molecule has 0 saturated carbocycles. The molecule has 3 heteroatoms. The quantitative estimate of drug-likeness (QED) is 0.740. The molecule has 0 aromatic heterocycles. The minimum Gasteiger partial charge on any atom is -0.316 e. The van der Waals surface area contributed by atoms with E-state index in [-0.39, 0.29) is 0 Å². The lowest BCUT2D eigenvalue weighted by molar-refractivity contribution is 0.343. The fourth-order valence-electron chi connectivity index (χ4n) is 1.67. The molecule has 1 rings (SSSR count). The SMILES string of the molecule is CNC(CCC(C)(C)C)CSc1ccccc1Br. The first-order chi connectivity index (χ1) is 8.42. The van der Waals surface area contributed by atoms with E-state index in [4.69, 9.17) is 0 Å². The molecule has 0 saturated heterocycles. The summed E-state index contributed by atoms with van der Waals surface area (Å²) >= 11 is 5.52. The number of nitrogens with one attached hydrogen (secondary N) is 1. The third-order valence-electron chi connectivity index (χ3n) is 2.93. The molecule has 0 amide bonds. The van der Waals surface area contributed by atoms with Crippen molar-refractivity contribution in [2.45, 2.75) is 44.6 Å². The van der Waals surface area contributed by atoms with Gasteiger partial charge in [-0.05, 0) is 53.4 Å². The molecule has 0 aliphatic heterocycles. The molecule has 0 fully saturated rings. The van der Waals surface area contributed by atoms with Crippen molar-refractivity contribution in [1.82, 2.24) is 5.32 Å². The molecule has 1 N–H and O–H groups in total. The summed E-state index contributed by atoms with van der Waals surface area (Å²) in [6.07, 6.45) is 2.49. The molecule has 0 spiro atoms. The number of benzene rings is 1. The zero-order chi connectivity index (χ0) is 13.6. The largest absolute Gasteiger partial charge is 0.316 e. The van der Waals surface area contributed by atoms with Crippen LogP contribution in [0.3, 0.4) is 0 Å². The lowest BCUT2D eigenvalue weighted by atomic mass is 9.89. The molecule has 18 heavy (non-hydrogen) atoms. The van der Waals surface area contributed by atoms with Crippen LogP contribution in [0.25, 0.3) is 0 Å². The second kappa shape index (κ2) is 7.56. The normalized spacial score (nSPS) is 13.6. The van der Waals surface area contributed by atoms with Gasteiger partial charge in [0.1, 0.15) is 0 Å². The van der Waals surface area contributed by atoms with Crippen molar-refractivity contribution >= 4 is 27.7 Å². The smallest absolute Gasteiger partial charge is 0.0311 e. The Morgan fingerprint density at radius 3 is 2.50 bits per heavy atom. The molecule has 0 heterocycles. The molecule has 0 aliphatic carbocycles. The van der Waals surface area contributed by atoms with Crippen molar-refractivity contribution in [2.75, 3.05) is 12.8 Å². The van der Waals surface area contributed by atoms with Crippen LogP contribution in [0.15, 0.2) is 33.6 Å². The molecule has 102 valence electrons. The van der Waals surface area contributed by atoms with E-state index >= 15 is 0 Å². The number of hydrogen-bond acceptors (Lipinski definition) is 2. The van der Waals surface area contributed by atoms with Gasteiger partial charge in [-0.15, -0.1) is 11.8 Å². The topological polar surface area (TPSA) is 12.0 Å². The summed E-state index contributed by atoms with van der Waals surface area (Å²) in [4.78, 5) is 1.33. The Balaban J connectivity index is 2.43. The van der Waals surface area contributed by atoms with Gasteiger partial charge >= 0.3 is 0 Å². The van der Waals surface area contributed by atoms with Gasteiger partial charge in [-0.25, -0.2) is 0 Å². The van der Waals surface area contributed by atoms with Crippen molar-refractivity contribution in [1.29, 1.82) is 0 Å². The second-order valence-corrected chi connectivity index (χ2v) is 7.74. The first-order valence-electron chi connectivity index (χ1n) is 6.47. The summed E-state index contributed by atoms with van der Waals surface area (Å²) in [5, 5.41) is 3.43. The summed E-state index contributed by atoms with van der Waals surface area (Å²) in [5.41, 5.74) is 0.424. The number of halogens is 1. The van der Waals surface area contributed by atoms with Gasteiger partial charge in [-0.1, -0.05) is 32.9 Å². The highest BCUT2D eigenvalue weighted by Gasteiger charge is 2.14. The van der Waals surface area contributed by atoms with E-state index in [9.17, 15) is 0 Å². The van der Waals surface area contributed by atoms with Crippen molar-refractivity contribution in [3.63, 3.8) is 0 Å². The van der Waals surface area contributed by atoms with Crippen LogP contribution >= 0.6 is 27.7 Å². The van der Waals surface area contributed by atoms with E-state index in [0.29, 0.717) is 11.5 Å². The Bertz CT molecular complexity index is 360. The zero-order valence-corrected chi connectivity index (χ0v) is 14.2. The van der Waals surface area contributed by atoms with Gasteiger partial charge in [0.2, 0.25) is 0 Å². The lowest BCUT2D eigenvalue weighted by Crippen LogP contribution is -2.29. The molecule has 0 bridgehead atoms. The predicted octanol–water partition coefficient (Wildman–Crippen LogP) is 4.96. The van der Waals surface area contributed by atoms with E-state index in [1.807, 2.05) is 11.8 Å².